The Hall–Kier alpha value is -0.900. The van der Waals surface area contributed by atoms with Crippen molar-refractivity contribution in [2.24, 2.45) is 5.73 Å². The van der Waals surface area contributed by atoms with Crippen LogP contribution in [0.1, 0.15) is 30.5 Å². The van der Waals surface area contributed by atoms with Crippen LogP contribution in [-0.4, -0.2) is 16.1 Å². The number of fused-ring (bicyclic) bond motifs is 1. The molecule has 0 aliphatic carbocycles. The average Bonchev–Trinajstić information content (AvgIpc) is 2.59. The van der Waals surface area contributed by atoms with Gasteiger partial charge < -0.3 is 10.3 Å². The third-order valence-corrected chi connectivity index (χ3v) is 2.46. The summed E-state index contributed by atoms with van der Waals surface area (Å²) in [5, 5.41) is 0. The van der Waals surface area contributed by atoms with Gasteiger partial charge in [-0.05, 0) is 12.8 Å². The van der Waals surface area contributed by atoms with Crippen LogP contribution in [-0.2, 0) is 13.0 Å². The Morgan fingerprint density at radius 1 is 1.62 bits per heavy atom. The first-order chi connectivity index (χ1) is 6.31. The molecule has 0 fully saturated rings. The Bertz CT molecular complexity index is 272. The van der Waals surface area contributed by atoms with E-state index in [0.29, 0.717) is 5.69 Å². The molecule has 1 aliphatic heterocycles. The second-order valence-corrected chi connectivity index (χ2v) is 3.44. The zero-order valence-corrected chi connectivity index (χ0v) is 7.54. The smallest absolute Gasteiger partial charge is 0.156 e. The molecule has 1 aliphatic rings. The highest BCUT2D eigenvalue weighted by Gasteiger charge is 2.16. The van der Waals surface area contributed by atoms with Gasteiger partial charge in [-0.1, -0.05) is 0 Å². The average molecular weight is 183 g/mol. The second-order valence-electron chi connectivity index (χ2n) is 3.44. The van der Waals surface area contributed by atoms with E-state index in [0.717, 1.165) is 25.2 Å². The zero-order valence-electron chi connectivity index (χ0n) is 7.54. The number of hydrogen-bond acceptors (Lipinski definition) is 2. The lowest BCUT2D eigenvalue weighted by atomic mass is 10.2. The first-order valence-corrected chi connectivity index (χ1v) is 4.71. The van der Waals surface area contributed by atoms with Crippen molar-refractivity contribution in [3.8, 4) is 0 Å². The van der Waals surface area contributed by atoms with E-state index in [-0.39, 0.29) is 6.54 Å². The summed E-state index contributed by atoms with van der Waals surface area (Å²) < 4.78 is 15.2. The molecule has 1 aromatic heterocycles. The molecule has 72 valence electrons. The van der Waals surface area contributed by atoms with Crippen molar-refractivity contribution in [2.75, 3.05) is 6.54 Å². The summed E-state index contributed by atoms with van der Waals surface area (Å²) in [6.45, 7) is 0.996. The van der Waals surface area contributed by atoms with E-state index >= 15 is 0 Å². The quantitative estimate of drug-likeness (QED) is 0.748. The van der Waals surface area contributed by atoms with E-state index in [2.05, 4.69) is 4.98 Å². The topological polar surface area (TPSA) is 43.8 Å². The molecule has 0 radical (unpaired) electrons. The lowest BCUT2D eigenvalue weighted by Gasteiger charge is -2.11. The van der Waals surface area contributed by atoms with Gasteiger partial charge in [-0.15, -0.1) is 0 Å². The van der Waals surface area contributed by atoms with Crippen molar-refractivity contribution in [3.05, 3.63) is 17.7 Å². The fourth-order valence-electron chi connectivity index (χ4n) is 1.71. The molecule has 0 aromatic carbocycles. The molecule has 0 bridgehead atoms. The summed E-state index contributed by atoms with van der Waals surface area (Å²) in [6.07, 6.45) is 4.00. The molecular weight excluding hydrogens is 169 g/mol. The predicted octanol–water partition coefficient (Wildman–Crippen LogP) is 1.19. The molecule has 2 N–H and O–H groups in total. The summed E-state index contributed by atoms with van der Waals surface area (Å²) in [5.41, 5.74) is 5.74. The highest BCUT2D eigenvalue weighted by Crippen LogP contribution is 2.19. The molecule has 2 heterocycles. The lowest BCUT2D eigenvalue weighted by Crippen LogP contribution is -2.09. The summed E-state index contributed by atoms with van der Waals surface area (Å²) in [5.74, 6) is 1.01. The van der Waals surface area contributed by atoms with Crippen LogP contribution in [0.15, 0.2) is 6.20 Å². The van der Waals surface area contributed by atoms with Gasteiger partial charge in [0, 0.05) is 25.7 Å². The number of nitrogens with two attached hydrogens (primary N) is 1. The number of hydrogen-bond donors (Lipinski definition) is 1. The van der Waals surface area contributed by atoms with Crippen molar-refractivity contribution in [3.63, 3.8) is 0 Å². The van der Waals surface area contributed by atoms with Crippen LogP contribution in [0.2, 0.25) is 0 Å². The normalized spacial score (nSPS) is 18.3. The van der Waals surface area contributed by atoms with E-state index in [4.69, 9.17) is 5.73 Å². The Balaban J connectivity index is 2.25. The Labute approximate surface area is 76.8 Å². The molecule has 4 heteroatoms. The Morgan fingerprint density at radius 2 is 2.46 bits per heavy atom. The number of aromatic nitrogens is 2. The third-order valence-electron chi connectivity index (χ3n) is 2.46. The maximum Gasteiger partial charge on any atom is 0.156 e. The first-order valence-electron chi connectivity index (χ1n) is 4.71. The molecule has 1 atom stereocenters. The molecule has 2 rings (SSSR count). The highest BCUT2D eigenvalue weighted by atomic mass is 19.1. The van der Waals surface area contributed by atoms with Gasteiger partial charge in [-0.2, -0.15) is 0 Å². The van der Waals surface area contributed by atoms with E-state index in [1.165, 1.54) is 6.42 Å². The number of imidazole rings is 1. The van der Waals surface area contributed by atoms with Crippen LogP contribution in [0.3, 0.4) is 0 Å². The van der Waals surface area contributed by atoms with Gasteiger partial charge in [0.1, 0.15) is 5.82 Å². The minimum atomic E-state index is -1.10. The van der Waals surface area contributed by atoms with Gasteiger partial charge in [-0.25, -0.2) is 9.37 Å². The van der Waals surface area contributed by atoms with Crippen molar-refractivity contribution >= 4 is 0 Å². The maximum atomic E-state index is 13.1. The standard InChI is InChI=1S/C9H14FN3/c10-7(5-11)8-6-13-4-2-1-3-9(13)12-8/h6-7H,1-5,11H2. The predicted molar refractivity (Wildman–Crippen MR) is 48.1 cm³/mol. The monoisotopic (exact) mass is 183 g/mol. The van der Waals surface area contributed by atoms with Crippen LogP contribution in [0.25, 0.3) is 0 Å². The summed E-state index contributed by atoms with van der Waals surface area (Å²) in [7, 11) is 0. The fraction of sp³-hybridized carbons (Fsp3) is 0.667. The SMILES string of the molecule is NCC(F)c1cn2c(n1)CCCC2. The van der Waals surface area contributed by atoms with Crippen LogP contribution in [0.5, 0.6) is 0 Å². The van der Waals surface area contributed by atoms with Gasteiger partial charge in [-0.3, -0.25) is 0 Å². The van der Waals surface area contributed by atoms with E-state index in [9.17, 15) is 4.39 Å². The molecular formula is C9H14FN3. The molecule has 0 spiro atoms. The summed E-state index contributed by atoms with van der Waals surface area (Å²) in [6, 6.07) is 0. The zero-order chi connectivity index (χ0) is 9.26. The number of aryl methyl sites for hydroxylation is 2. The molecule has 1 aromatic rings. The maximum absolute atomic E-state index is 13.1. The van der Waals surface area contributed by atoms with Gasteiger partial charge >= 0.3 is 0 Å². The molecule has 0 saturated heterocycles. The minimum Gasteiger partial charge on any atom is -0.335 e. The second kappa shape index (κ2) is 3.46. The fourth-order valence-corrected chi connectivity index (χ4v) is 1.71. The Kier molecular flexibility index (Phi) is 2.31. The molecule has 3 nitrogen and oxygen atoms in total. The van der Waals surface area contributed by atoms with Crippen molar-refractivity contribution in [1.29, 1.82) is 0 Å². The largest absolute Gasteiger partial charge is 0.335 e. The third kappa shape index (κ3) is 1.58. The van der Waals surface area contributed by atoms with Crippen molar-refractivity contribution < 1.29 is 4.39 Å². The van der Waals surface area contributed by atoms with Crippen LogP contribution in [0.4, 0.5) is 4.39 Å². The van der Waals surface area contributed by atoms with Gasteiger partial charge in [0.15, 0.2) is 6.17 Å². The van der Waals surface area contributed by atoms with E-state index in [1.54, 1.807) is 6.20 Å². The van der Waals surface area contributed by atoms with Crippen molar-refractivity contribution in [2.45, 2.75) is 32.0 Å². The summed E-state index contributed by atoms with van der Waals surface area (Å²) >= 11 is 0. The van der Waals surface area contributed by atoms with E-state index < -0.39 is 6.17 Å². The van der Waals surface area contributed by atoms with Gasteiger partial charge in [0.25, 0.3) is 0 Å². The van der Waals surface area contributed by atoms with E-state index in [1.807, 2.05) is 4.57 Å². The Morgan fingerprint density at radius 3 is 3.15 bits per heavy atom. The molecule has 0 amide bonds. The summed E-state index contributed by atoms with van der Waals surface area (Å²) in [4.78, 5) is 4.23. The number of nitrogens with zero attached hydrogens (tertiary/aromatic N) is 2. The van der Waals surface area contributed by atoms with Crippen LogP contribution >= 0.6 is 0 Å². The minimum absolute atomic E-state index is 0.0243. The molecule has 13 heavy (non-hydrogen) atoms. The highest BCUT2D eigenvalue weighted by molar-refractivity contribution is 5.09. The first kappa shape index (κ1) is 8.69. The van der Waals surface area contributed by atoms with Crippen LogP contribution in [0, 0.1) is 0 Å². The molecule has 0 saturated carbocycles. The van der Waals surface area contributed by atoms with Gasteiger partial charge in [0.2, 0.25) is 0 Å². The van der Waals surface area contributed by atoms with Crippen LogP contribution < -0.4 is 5.73 Å². The van der Waals surface area contributed by atoms with Crippen molar-refractivity contribution in [1.82, 2.24) is 9.55 Å². The lowest BCUT2D eigenvalue weighted by molar-refractivity contribution is 0.345. The van der Waals surface area contributed by atoms with Gasteiger partial charge in [0.05, 0.1) is 5.69 Å². The number of rotatable bonds is 2. The molecule has 1 unspecified atom stereocenters. The number of alkyl halides is 1. The number of halogens is 1.